The second kappa shape index (κ2) is 2.31. The molecule has 1 N–H and O–H groups in total. The van der Waals surface area contributed by atoms with Crippen molar-refractivity contribution in [3.63, 3.8) is 0 Å². The molecule has 68 valence electrons. The minimum Gasteiger partial charge on any atom is -0.386 e. The number of aliphatic hydroxyl groups excluding tert-OH is 1. The summed E-state index contributed by atoms with van der Waals surface area (Å²) in [6.45, 7) is 5.62. The summed E-state index contributed by atoms with van der Waals surface area (Å²) in [5, 5.41) is 9.63. The molecule has 0 bridgehead atoms. The van der Waals surface area contributed by atoms with Crippen LogP contribution in [0.5, 0.6) is 0 Å². The molecule has 0 radical (unpaired) electrons. The SMILES string of the molecule is CC1=C[C@H]2OC(C)(C)O[C@H]2[C@H]1O. The highest BCUT2D eigenvalue weighted by Crippen LogP contribution is 2.36. The smallest absolute Gasteiger partial charge is 0.164 e. The van der Waals surface area contributed by atoms with Gasteiger partial charge in [0.1, 0.15) is 18.3 Å². The molecule has 1 heterocycles. The van der Waals surface area contributed by atoms with Gasteiger partial charge in [0.2, 0.25) is 0 Å². The summed E-state index contributed by atoms with van der Waals surface area (Å²) in [7, 11) is 0. The number of rotatable bonds is 0. The van der Waals surface area contributed by atoms with Crippen LogP contribution < -0.4 is 0 Å². The predicted molar refractivity (Wildman–Crippen MR) is 43.6 cm³/mol. The molecule has 0 aromatic heterocycles. The quantitative estimate of drug-likeness (QED) is 0.547. The molecule has 0 saturated carbocycles. The van der Waals surface area contributed by atoms with Gasteiger partial charge in [-0.25, -0.2) is 0 Å². The Labute approximate surface area is 72.0 Å². The number of aliphatic hydroxyl groups is 1. The van der Waals surface area contributed by atoms with E-state index in [0.717, 1.165) is 5.57 Å². The molecule has 3 nitrogen and oxygen atoms in total. The first kappa shape index (κ1) is 8.23. The zero-order valence-electron chi connectivity index (χ0n) is 7.57. The maximum absolute atomic E-state index is 9.63. The lowest BCUT2D eigenvalue weighted by atomic mass is 10.2. The molecule has 0 amide bonds. The van der Waals surface area contributed by atoms with Gasteiger partial charge in [0.15, 0.2) is 5.79 Å². The van der Waals surface area contributed by atoms with Crippen LogP contribution >= 0.6 is 0 Å². The Balaban J connectivity index is 2.19. The summed E-state index contributed by atoms with van der Waals surface area (Å²) in [6, 6.07) is 0. The number of fused-ring (bicyclic) bond motifs is 1. The average molecular weight is 170 g/mol. The van der Waals surface area contributed by atoms with E-state index in [2.05, 4.69) is 0 Å². The van der Waals surface area contributed by atoms with Gasteiger partial charge in [0.25, 0.3) is 0 Å². The molecule has 0 unspecified atom stereocenters. The van der Waals surface area contributed by atoms with Crippen LogP contribution in [0.2, 0.25) is 0 Å². The first-order chi connectivity index (χ1) is 5.49. The Bertz CT molecular complexity index is 232. The van der Waals surface area contributed by atoms with E-state index >= 15 is 0 Å². The Morgan fingerprint density at radius 1 is 1.42 bits per heavy atom. The van der Waals surface area contributed by atoms with E-state index in [9.17, 15) is 5.11 Å². The maximum Gasteiger partial charge on any atom is 0.164 e. The third kappa shape index (κ3) is 1.09. The van der Waals surface area contributed by atoms with Crippen LogP contribution in [0.1, 0.15) is 20.8 Å². The van der Waals surface area contributed by atoms with E-state index in [-0.39, 0.29) is 12.2 Å². The normalized spacial score (nSPS) is 44.3. The van der Waals surface area contributed by atoms with Crippen LogP contribution in [0, 0.1) is 0 Å². The number of hydrogen-bond donors (Lipinski definition) is 1. The highest BCUT2D eigenvalue weighted by Gasteiger charge is 2.47. The Morgan fingerprint density at radius 3 is 2.67 bits per heavy atom. The largest absolute Gasteiger partial charge is 0.386 e. The molecule has 3 atom stereocenters. The third-order valence-electron chi connectivity index (χ3n) is 2.37. The summed E-state index contributed by atoms with van der Waals surface area (Å²) in [6.07, 6.45) is 1.19. The van der Waals surface area contributed by atoms with Crippen molar-refractivity contribution in [2.75, 3.05) is 0 Å². The Morgan fingerprint density at radius 2 is 2.08 bits per heavy atom. The summed E-state index contributed by atoms with van der Waals surface area (Å²) in [4.78, 5) is 0. The molecular formula is C9H14O3. The molecule has 0 aromatic rings. The van der Waals surface area contributed by atoms with Crippen LogP contribution in [-0.4, -0.2) is 29.2 Å². The predicted octanol–water partition coefficient (Wildman–Crippen LogP) is 0.827. The van der Waals surface area contributed by atoms with Crippen LogP contribution in [0.25, 0.3) is 0 Å². The van der Waals surface area contributed by atoms with Crippen molar-refractivity contribution in [1.82, 2.24) is 0 Å². The molecule has 1 fully saturated rings. The van der Waals surface area contributed by atoms with Crippen LogP contribution in [0.15, 0.2) is 11.6 Å². The fraction of sp³-hybridized carbons (Fsp3) is 0.778. The van der Waals surface area contributed by atoms with E-state index in [4.69, 9.17) is 9.47 Å². The standard InChI is InChI=1S/C9H14O3/c1-5-4-6-8(7(5)10)12-9(2,3)11-6/h4,6-8,10H,1-3H3/t6-,7+,8-/m1/s1. The van der Waals surface area contributed by atoms with Gasteiger partial charge in [-0.3, -0.25) is 0 Å². The zero-order valence-corrected chi connectivity index (χ0v) is 7.57. The van der Waals surface area contributed by atoms with E-state index in [1.165, 1.54) is 0 Å². The summed E-state index contributed by atoms with van der Waals surface area (Å²) < 4.78 is 11.1. The minimum absolute atomic E-state index is 0.0602. The average Bonchev–Trinajstić information content (AvgIpc) is 2.33. The number of ether oxygens (including phenoxy) is 2. The summed E-state index contributed by atoms with van der Waals surface area (Å²) in [5.74, 6) is -0.548. The topological polar surface area (TPSA) is 38.7 Å². The summed E-state index contributed by atoms with van der Waals surface area (Å²) >= 11 is 0. The molecule has 2 rings (SSSR count). The van der Waals surface area contributed by atoms with Gasteiger partial charge in [0, 0.05) is 0 Å². The van der Waals surface area contributed by atoms with Gasteiger partial charge in [-0.2, -0.15) is 0 Å². The van der Waals surface area contributed by atoms with E-state index in [0.29, 0.717) is 0 Å². The molecule has 1 aliphatic heterocycles. The van der Waals surface area contributed by atoms with Gasteiger partial charge in [0.05, 0.1) is 0 Å². The monoisotopic (exact) mass is 170 g/mol. The van der Waals surface area contributed by atoms with Crippen LogP contribution in [0.4, 0.5) is 0 Å². The maximum atomic E-state index is 9.63. The van der Waals surface area contributed by atoms with Gasteiger partial charge in [-0.15, -0.1) is 0 Å². The fourth-order valence-corrected chi connectivity index (χ4v) is 1.81. The molecular weight excluding hydrogens is 156 g/mol. The lowest BCUT2D eigenvalue weighted by Gasteiger charge is -2.19. The second-order valence-corrected chi connectivity index (χ2v) is 3.92. The number of hydrogen-bond acceptors (Lipinski definition) is 3. The molecule has 0 aromatic carbocycles. The molecule has 1 saturated heterocycles. The van der Waals surface area contributed by atoms with E-state index in [1.54, 1.807) is 0 Å². The van der Waals surface area contributed by atoms with Crippen molar-refractivity contribution in [3.8, 4) is 0 Å². The first-order valence-electron chi connectivity index (χ1n) is 4.22. The highest BCUT2D eigenvalue weighted by atomic mass is 16.8. The molecule has 3 heteroatoms. The highest BCUT2D eigenvalue weighted by molar-refractivity contribution is 5.22. The third-order valence-corrected chi connectivity index (χ3v) is 2.37. The molecule has 12 heavy (non-hydrogen) atoms. The van der Waals surface area contributed by atoms with Crippen molar-refractivity contribution in [3.05, 3.63) is 11.6 Å². The van der Waals surface area contributed by atoms with Crippen LogP contribution in [0.3, 0.4) is 0 Å². The first-order valence-corrected chi connectivity index (χ1v) is 4.22. The molecule has 1 aliphatic carbocycles. The van der Waals surface area contributed by atoms with Crippen molar-refractivity contribution < 1.29 is 14.6 Å². The van der Waals surface area contributed by atoms with Gasteiger partial charge in [-0.05, 0) is 26.3 Å². The van der Waals surface area contributed by atoms with Crippen molar-refractivity contribution in [1.29, 1.82) is 0 Å². The van der Waals surface area contributed by atoms with E-state index in [1.807, 2.05) is 26.8 Å². The second-order valence-electron chi connectivity index (χ2n) is 3.92. The molecule has 2 aliphatic rings. The fourth-order valence-electron chi connectivity index (χ4n) is 1.81. The zero-order chi connectivity index (χ0) is 8.93. The van der Waals surface area contributed by atoms with Gasteiger partial charge >= 0.3 is 0 Å². The van der Waals surface area contributed by atoms with Crippen molar-refractivity contribution in [2.45, 2.75) is 44.9 Å². The van der Waals surface area contributed by atoms with Gasteiger partial charge in [-0.1, -0.05) is 6.08 Å². The minimum atomic E-state index is -0.548. The van der Waals surface area contributed by atoms with Crippen LogP contribution in [-0.2, 0) is 9.47 Å². The van der Waals surface area contributed by atoms with E-state index < -0.39 is 11.9 Å². The Hall–Kier alpha value is -0.380. The molecule has 0 spiro atoms. The van der Waals surface area contributed by atoms with Crippen molar-refractivity contribution >= 4 is 0 Å². The summed E-state index contributed by atoms with van der Waals surface area (Å²) in [5.41, 5.74) is 0.945. The lowest BCUT2D eigenvalue weighted by Crippen LogP contribution is -2.30. The van der Waals surface area contributed by atoms with Crippen molar-refractivity contribution in [2.24, 2.45) is 0 Å². The lowest BCUT2D eigenvalue weighted by molar-refractivity contribution is -0.152. The Kier molecular flexibility index (Phi) is 1.59. The van der Waals surface area contributed by atoms with Gasteiger partial charge < -0.3 is 14.6 Å².